The van der Waals surface area contributed by atoms with Crippen molar-refractivity contribution in [3.8, 4) is 22.8 Å². The first kappa shape index (κ1) is 42.2. The maximum atomic E-state index is 14.4. The molecular formula is C40H41Cl2N5O10. The van der Waals surface area contributed by atoms with Crippen molar-refractivity contribution in [2.75, 3.05) is 6.54 Å². The van der Waals surface area contributed by atoms with E-state index >= 15 is 0 Å². The van der Waals surface area contributed by atoms with Crippen LogP contribution in [0.3, 0.4) is 0 Å². The molecule has 0 aliphatic carbocycles. The van der Waals surface area contributed by atoms with E-state index in [1.807, 2.05) is 0 Å². The maximum Gasteiger partial charge on any atom is 0.305 e. The molecule has 1 aromatic heterocycles. The lowest BCUT2D eigenvalue weighted by Crippen LogP contribution is -2.59. The largest absolute Gasteiger partial charge is 0.508 e. The number of phenolic OH excluding ortho intramolecular Hbond substituents is 1. The number of carboxylic acids is 1. The van der Waals surface area contributed by atoms with E-state index in [-0.39, 0.29) is 46.5 Å². The molecule has 4 aromatic rings. The molecule has 5 atom stereocenters. The number of nitrogens with one attached hydrogen (secondary N) is 3. The Hall–Kier alpha value is -5.93. The highest BCUT2D eigenvalue weighted by Gasteiger charge is 2.45. The fraction of sp³-hybridized carbons (Fsp3) is 0.325. The summed E-state index contributed by atoms with van der Waals surface area (Å²) in [6, 6.07) is 14.3. The Kier molecular flexibility index (Phi) is 13.9. The van der Waals surface area contributed by atoms with Gasteiger partial charge in [0.1, 0.15) is 41.8 Å². The quantitative estimate of drug-likeness (QED) is 0.0996. The van der Waals surface area contributed by atoms with Crippen LogP contribution >= 0.6 is 23.2 Å². The van der Waals surface area contributed by atoms with Gasteiger partial charge in [0.15, 0.2) is 5.76 Å². The van der Waals surface area contributed by atoms with Gasteiger partial charge in [0.2, 0.25) is 29.4 Å². The third kappa shape index (κ3) is 10.9. The normalized spacial score (nSPS) is 16.6. The molecule has 0 bridgehead atoms. The van der Waals surface area contributed by atoms with E-state index in [9.17, 15) is 39.0 Å². The fourth-order valence-electron chi connectivity index (χ4n) is 6.37. The van der Waals surface area contributed by atoms with E-state index in [0.29, 0.717) is 11.3 Å². The Bertz CT molecular complexity index is 2090. The van der Waals surface area contributed by atoms with E-state index in [1.54, 1.807) is 74.5 Å². The summed E-state index contributed by atoms with van der Waals surface area (Å²) in [5.74, 6) is -5.55. The minimum atomic E-state index is -1.67. The molecule has 1 saturated heterocycles. The molecule has 17 heteroatoms. The molecule has 1 fully saturated rings. The molecule has 0 spiro atoms. The Morgan fingerprint density at radius 2 is 1.58 bits per heavy atom. The average molecular weight is 823 g/mol. The molecule has 0 radical (unpaired) electrons. The van der Waals surface area contributed by atoms with Crippen LogP contribution in [0.5, 0.6) is 11.5 Å². The Morgan fingerprint density at radius 1 is 0.912 bits per heavy atom. The van der Waals surface area contributed by atoms with Gasteiger partial charge in [-0.05, 0) is 47.9 Å². The molecule has 4 amide bonds. The number of hydrogen-bond donors (Lipinski definition) is 5. The summed E-state index contributed by atoms with van der Waals surface area (Å²) in [6.45, 7) is 4.54. The summed E-state index contributed by atoms with van der Waals surface area (Å²) in [7, 11) is 0. The zero-order valence-electron chi connectivity index (χ0n) is 31.1. The predicted octanol–water partition coefficient (Wildman–Crippen LogP) is 4.43. The lowest BCUT2D eigenvalue weighted by Gasteiger charge is -2.31. The topological polar surface area (TPSA) is 217 Å². The number of nitrogens with zero attached hydrogens (tertiary/aromatic N) is 2. The summed E-state index contributed by atoms with van der Waals surface area (Å²) < 4.78 is 11.8. The summed E-state index contributed by atoms with van der Waals surface area (Å²) in [5, 5.41) is 27.7. The number of oxazole rings is 1. The first-order valence-electron chi connectivity index (χ1n) is 17.9. The number of benzene rings is 3. The number of aliphatic carboxylic acids is 1. The van der Waals surface area contributed by atoms with E-state index in [1.165, 1.54) is 30.2 Å². The van der Waals surface area contributed by atoms with Crippen LogP contribution in [0.25, 0.3) is 11.3 Å². The maximum absolute atomic E-state index is 14.4. The van der Waals surface area contributed by atoms with Gasteiger partial charge >= 0.3 is 5.97 Å². The number of phenols is 1. The minimum Gasteiger partial charge on any atom is -0.508 e. The van der Waals surface area contributed by atoms with Crippen molar-refractivity contribution in [1.82, 2.24) is 25.8 Å². The van der Waals surface area contributed by atoms with Crippen molar-refractivity contribution in [2.45, 2.75) is 70.3 Å². The minimum absolute atomic E-state index is 0.0210. The molecule has 0 saturated carbocycles. The summed E-state index contributed by atoms with van der Waals surface area (Å²) in [6.07, 6.45) is -0.382. The van der Waals surface area contributed by atoms with Gasteiger partial charge in [-0.15, -0.1) is 0 Å². The Balaban J connectivity index is 1.40. The van der Waals surface area contributed by atoms with Gasteiger partial charge in [-0.1, -0.05) is 73.4 Å². The van der Waals surface area contributed by atoms with Gasteiger partial charge in [-0.2, -0.15) is 0 Å². The first-order chi connectivity index (χ1) is 27.1. The number of likely N-dealkylation sites (tertiary alicyclic amines) is 1. The number of carbonyl (C=O) groups excluding carboxylic acids is 5. The molecule has 3 aromatic carbocycles. The molecule has 1 aliphatic rings. The number of carbonyl (C=O) groups is 6. The third-order valence-corrected chi connectivity index (χ3v) is 9.76. The lowest BCUT2D eigenvalue weighted by molar-refractivity contribution is -0.143. The van der Waals surface area contributed by atoms with Crippen LogP contribution < -0.4 is 20.7 Å². The highest BCUT2D eigenvalue weighted by atomic mass is 35.5. The SMILES string of the molecule is CC(=O)NC(Cc1ccc(O)cc1)C(=O)NC(C(=O)N1CC(Oc2ccccc2)CC1C(=O)NC(CC(=O)O)C(=O)c1ncc(-c2c(Cl)cccc2Cl)o1)C(C)C. The van der Waals surface area contributed by atoms with Gasteiger partial charge in [-0.25, -0.2) is 4.98 Å². The van der Waals surface area contributed by atoms with Crippen LogP contribution in [0.15, 0.2) is 83.4 Å². The van der Waals surface area contributed by atoms with Crippen molar-refractivity contribution in [3.63, 3.8) is 0 Å². The number of Topliss-reactive ketones (excluding diaryl/α,β-unsaturated/α-hetero) is 1. The number of ether oxygens (including phenoxy) is 1. The van der Waals surface area contributed by atoms with E-state index in [4.69, 9.17) is 32.4 Å². The highest BCUT2D eigenvalue weighted by molar-refractivity contribution is 6.39. The van der Waals surface area contributed by atoms with Crippen molar-refractivity contribution >= 4 is 58.6 Å². The second-order valence-electron chi connectivity index (χ2n) is 13.8. The van der Waals surface area contributed by atoms with Crippen LogP contribution in [0.4, 0.5) is 0 Å². The third-order valence-electron chi connectivity index (χ3n) is 9.13. The first-order valence-corrected chi connectivity index (χ1v) is 18.7. The number of halogens is 2. The number of hydrogen-bond acceptors (Lipinski definition) is 10. The zero-order chi connectivity index (χ0) is 41.4. The molecule has 5 unspecified atom stereocenters. The molecule has 15 nitrogen and oxygen atoms in total. The Morgan fingerprint density at radius 3 is 2.19 bits per heavy atom. The van der Waals surface area contributed by atoms with E-state index < -0.39 is 83.9 Å². The number of aromatic hydroxyl groups is 1. The zero-order valence-corrected chi connectivity index (χ0v) is 32.6. The molecule has 300 valence electrons. The van der Waals surface area contributed by atoms with E-state index in [0.717, 1.165) is 0 Å². The average Bonchev–Trinajstić information content (AvgIpc) is 3.81. The van der Waals surface area contributed by atoms with Crippen LogP contribution in [-0.4, -0.2) is 92.3 Å². The molecular weight excluding hydrogens is 781 g/mol. The van der Waals surface area contributed by atoms with Gasteiger partial charge in [0.25, 0.3) is 5.89 Å². The molecule has 1 aliphatic heterocycles. The molecule has 2 heterocycles. The van der Waals surface area contributed by atoms with Crippen LogP contribution in [0, 0.1) is 5.92 Å². The summed E-state index contributed by atoms with van der Waals surface area (Å²) >= 11 is 12.6. The second-order valence-corrected chi connectivity index (χ2v) is 14.6. The molecule has 5 N–H and O–H groups in total. The van der Waals surface area contributed by atoms with Crippen molar-refractivity contribution < 1.29 is 48.1 Å². The number of ketones is 1. The van der Waals surface area contributed by atoms with Crippen molar-refractivity contribution in [3.05, 3.63) is 100 Å². The number of carboxylic acid groups (broad SMARTS) is 1. The summed E-state index contributed by atoms with van der Waals surface area (Å²) in [5.41, 5.74) is 0.886. The summed E-state index contributed by atoms with van der Waals surface area (Å²) in [4.78, 5) is 85.3. The van der Waals surface area contributed by atoms with Crippen LogP contribution in [0.1, 0.15) is 49.9 Å². The lowest BCUT2D eigenvalue weighted by atomic mass is 10.00. The van der Waals surface area contributed by atoms with Gasteiger partial charge in [0, 0.05) is 19.8 Å². The van der Waals surface area contributed by atoms with Gasteiger partial charge < -0.3 is 40.2 Å². The molecule has 5 rings (SSSR count). The van der Waals surface area contributed by atoms with E-state index in [2.05, 4.69) is 20.9 Å². The highest BCUT2D eigenvalue weighted by Crippen LogP contribution is 2.35. The van der Waals surface area contributed by atoms with Crippen molar-refractivity contribution in [2.24, 2.45) is 5.92 Å². The number of amides is 4. The fourth-order valence-corrected chi connectivity index (χ4v) is 6.96. The van der Waals surface area contributed by atoms with Crippen molar-refractivity contribution in [1.29, 1.82) is 0 Å². The Labute approximate surface area is 337 Å². The number of aromatic nitrogens is 1. The van der Waals surface area contributed by atoms with Gasteiger partial charge in [0.05, 0.1) is 34.8 Å². The van der Waals surface area contributed by atoms with Crippen LogP contribution in [-0.2, 0) is 30.4 Å². The number of rotatable bonds is 16. The number of para-hydroxylation sites is 1. The second kappa shape index (κ2) is 18.8. The predicted molar refractivity (Wildman–Crippen MR) is 208 cm³/mol. The monoisotopic (exact) mass is 821 g/mol. The standard InChI is InChI=1S/C40H41Cl2N5O10/c1-21(2)35(46-37(53)30(44-22(3)48)16-23-12-14-24(49)15-13-23)40(55)47-20-26(56-25-8-5-4-6-9-25)17-31(47)38(54)45-29(18-33(50)51)36(52)39-43-19-32(57-39)34-27(41)10-7-11-28(34)42/h4-15,19,21,26,29-31,35,49H,16-18,20H2,1-3H3,(H,44,48)(H,45,54)(H,46,53)(H,50,51). The smallest absolute Gasteiger partial charge is 0.305 e. The van der Waals surface area contributed by atoms with Gasteiger partial charge in [-0.3, -0.25) is 28.8 Å². The van der Waals surface area contributed by atoms with Crippen LogP contribution in [0.2, 0.25) is 10.0 Å². The molecule has 57 heavy (non-hydrogen) atoms.